The van der Waals surface area contributed by atoms with Gasteiger partial charge >= 0.3 is 5.69 Å². The molecule has 0 saturated heterocycles. The lowest BCUT2D eigenvalue weighted by molar-refractivity contribution is 0.297. The first-order valence-corrected chi connectivity index (χ1v) is 7.86. The molecule has 0 saturated carbocycles. The molecule has 2 aromatic carbocycles. The highest BCUT2D eigenvalue weighted by Gasteiger charge is 2.07. The van der Waals surface area contributed by atoms with Gasteiger partial charge < -0.3 is 20.4 Å². The number of H-pyrrole nitrogens is 2. The van der Waals surface area contributed by atoms with Crippen molar-refractivity contribution in [2.45, 2.75) is 25.3 Å². The van der Waals surface area contributed by atoms with Crippen LogP contribution in [0.15, 0.2) is 53.3 Å². The molecule has 0 radical (unpaired) electrons. The molecule has 23 heavy (non-hydrogen) atoms. The maximum Gasteiger partial charge on any atom is 0.323 e. The van der Waals surface area contributed by atoms with E-state index in [1.54, 1.807) is 0 Å². The quantitative estimate of drug-likeness (QED) is 0.627. The number of aryl methyl sites for hydroxylation is 1. The van der Waals surface area contributed by atoms with Crippen LogP contribution in [0.1, 0.15) is 18.4 Å². The highest BCUT2D eigenvalue weighted by atomic mass is 16.5. The summed E-state index contributed by atoms with van der Waals surface area (Å²) < 4.78 is 5.79. The smallest absolute Gasteiger partial charge is 0.323 e. The van der Waals surface area contributed by atoms with Crippen LogP contribution in [0, 0.1) is 0 Å². The number of aromatic nitrogens is 2. The summed E-state index contributed by atoms with van der Waals surface area (Å²) in [4.78, 5) is 16.8. The number of rotatable bonds is 7. The topological polar surface area (TPSA) is 83.9 Å². The number of nitrogens with one attached hydrogen (secondary N) is 2. The van der Waals surface area contributed by atoms with Crippen molar-refractivity contribution in [1.29, 1.82) is 0 Å². The predicted molar refractivity (Wildman–Crippen MR) is 91.8 cm³/mol. The Morgan fingerprint density at radius 3 is 2.65 bits per heavy atom. The fourth-order valence-electron chi connectivity index (χ4n) is 2.61. The summed E-state index contributed by atoms with van der Waals surface area (Å²) in [6.07, 6.45) is 2.68. The van der Waals surface area contributed by atoms with E-state index in [2.05, 4.69) is 22.1 Å². The number of fused-ring (bicyclic) bond motifs is 1. The number of imidazole rings is 1. The molecule has 0 fully saturated rings. The van der Waals surface area contributed by atoms with Gasteiger partial charge in [-0.25, -0.2) is 4.79 Å². The molecular formula is C18H21N3O2. The van der Waals surface area contributed by atoms with Crippen LogP contribution in [-0.4, -0.2) is 22.6 Å². The van der Waals surface area contributed by atoms with Crippen LogP contribution in [0.25, 0.3) is 11.0 Å². The molecule has 0 bridgehead atoms. The highest BCUT2D eigenvalue weighted by molar-refractivity contribution is 5.80. The number of nitrogens with two attached hydrogens (primary N) is 1. The summed E-state index contributed by atoms with van der Waals surface area (Å²) in [6.45, 7) is 0.530. The Kier molecular flexibility index (Phi) is 4.78. The van der Waals surface area contributed by atoms with E-state index in [0.29, 0.717) is 17.9 Å². The summed E-state index contributed by atoms with van der Waals surface area (Å²) in [5.41, 5.74) is 8.69. The van der Waals surface area contributed by atoms with Gasteiger partial charge in [-0.05, 0) is 37.0 Å². The van der Waals surface area contributed by atoms with Gasteiger partial charge in [0.15, 0.2) is 0 Å². The van der Waals surface area contributed by atoms with E-state index in [4.69, 9.17) is 10.5 Å². The fraction of sp³-hybridized carbons (Fsp3) is 0.278. The second-order valence-corrected chi connectivity index (χ2v) is 5.68. The van der Waals surface area contributed by atoms with Gasteiger partial charge in [0, 0.05) is 6.04 Å². The van der Waals surface area contributed by atoms with E-state index in [1.165, 1.54) is 5.56 Å². The zero-order chi connectivity index (χ0) is 16.1. The molecule has 1 aromatic heterocycles. The Balaban J connectivity index is 1.49. The third-order valence-electron chi connectivity index (χ3n) is 3.91. The van der Waals surface area contributed by atoms with Crippen molar-refractivity contribution >= 4 is 11.0 Å². The SMILES string of the molecule is NC(CCOc1cccc2[nH]c(=O)[nH]c12)CCc1ccccc1. The van der Waals surface area contributed by atoms with Crippen LogP contribution in [0.2, 0.25) is 0 Å². The number of aromatic amines is 2. The van der Waals surface area contributed by atoms with E-state index in [-0.39, 0.29) is 11.7 Å². The van der Waals surface area contributed by atoms with E-state index in [0.717, 1.165) is 24.8 Å². The fourth-order valence-corrected chi connectivity index (χ4v) is 2.61. The first-order chi connectivity index (χ1) is 11.2. The molecule has 5 nitrogen and oxygen atoms in total. The van der Waals surface area contributed by atoms with Crippen molar-refractivity contribution in [2.75, 3.05) is 6.61 Å². The lowest BCUT2D eigenvalue weighted by Gasteiger charge is -2.13. The molecule has 1 heterocycles. The van der Waals surface area contributed by atoms with Crippen LogP contribution in [0.3, 0.4) is 0 Å². The second-order valence-electron chi connectivity index (χ2n) is 5.68. The number of hydrogen-bond acceptors (Lipinski definition) is 3. The van der Waals surface area contributed by atoms with Crippen LogP contribution in [-0.2, 0) is 6.42 Å². The van der Waals surface area contributed by atoms with Gasteiger partial charge in [-0.2, -0.15) is 0 Å². The molecule has 0 spiro atoms. The molecule has 0 amide bonds. The van der Waals surface area contributed by atoms with Crippen LogP contribution < -0.4 is 16.2 Å². The van der Waals surface area contributed by atoms with Crippen molar-refractivity contribution in [3.05, 3.63) is 64.6 Å². The summed E-state index contributed by atoms with van der Waals surface area (Å²) in [5.74, 6) is 0.677. The average Bonchev–Trinajstić information content (AvgIpc) is 2.95. The minimum atomic E-state index is -0.226. The first kappa shape index (κ1) is 15.4. The summed E-state index contributed by atoms with van der Waals surface area (Å²) in [6, 6.07) is 16.0. The minimum absolute atomic E-state index is 0.0969. The zero-order valence-corrected chi connectivity index (χ0v) is 12.9. The summed E-state index contributed by atoms with van der Waals surface area (Å²) in [7, 11) is 0. The van der Waals surface area contributed by atoms with Crippen molar-refractivity contribution < 1.29 is 4.74 Å². The van der Waals surface area contributed by atoms with Gasteiger partial charge in [0.25, 0.3) is 0 Å². The third-order valence-corrected chi connectivity index (χ3v) is 3.91. The van der Waals surface area contributed by atoms with Gasteiger partial charge in [-0.3, -0.25) is 0 Å². The predicted octanol–water partition coefficient (Wildman–Crippen LogP) is 2.59. The van der Waals surface area contributed by atoms with Crippen molar-refractivity contribution in [2.24, 2.45) is 5.73 Å². The molecule has 0 aliphatic heterocycles. The molecule has 0 aliphatic rings. The Morgan fingerprint density at radius 1 is 1.00 bits per heavy atom. The maximum absolute atomic E-state index is 11.4. The van der Waals surface area contributed by atoms with Crippen molar-refractivity contribution in [3.8, 4) is 5.75 Å². The average molecular weight is 311 g/mol. The first-order valence-electron chi connectivity index (χ1n) is 7.86. The number of benzene rings is 2. The molecule has 1 unspecified atom stereocenters. The standard InChI is InChI=1S/C18H21N3O2/c19-14(10-9-13-5-2-1-3-6-13)11-12-23-16-8-4-7-15-17(16)21-18(22)20-15/h1-8,14H,9-12,19H2,(H2,20,21,22). The van der Waals surface area contributed by atoms with Gasteiger partial charge in [0.05, 0.1) is 12.1 Å². The maximum atomic E-state index is 11.4. The third kappa shape index (κ3) is 4.02. The van der Waals surface area contributed by atoms with Crippen molar-refractivity contribution in [3.63, 3.8) is 0 Å². The highest BCUT2D eigenvalue weighted by Crippen LogP contribution is 2.21. The van der Waals surface area contributed by atoms with Crippen molar-refractivity contribution in [1.82, 2.24) is 9.97 Å². The van der Waals surface area contributed by atoms with E-state index < -0.39 is 0 Å². The Hall–Kier alpha value is -2.53. The Morgan fingerprint density at radius 2 is 1.83 bits per heavy atom. The molecule has 3 rings (SSSR count). The molecule has 120 valence electrons. The molecule has 1 atom stereocenters. The second kappa shape index (κ2) is 7.15. The lowest BCUT2D eigenvalue weighted by atomic mass is 10.0. The molecule has 4 N–H and O–H groups in total. The molecule has 3 aromatic rings. The van der Waals surface area contributed by atoms with E-state index in [9.17, 15) is 4.79 Å². The zero-order valence-electron chi connectivity index (χ0n) is 12.9. The normalized spacial score (nSPS) is 12.4. The van der Waals surface area contributed by atoms with Gasteiger partial charge in [-0.1, -0.05) is 36.4 Å². The van der Waals surface area contributed by atoms with Crippen LogP contribution in [0.4, 0.5) is 0 Å². The van der Waals surface area contributed by atoms with E-state index >= 15 is 0 Å². The molecule has 0 aliphatic carbocycles. The summed E-state index contributed by atoms with van der Waals surface area (Å²) in [5, 5.41) is 0. The summed E-state index contributed by atoms with van der Waals surface area (Å²) >= 11 is 0. The van der Waals surface area contributed by atoms with Crippen LogP contribution in [0.5, 0.6) is 5.75 Å². The lowest BCUT2D eigenvalue weighted by Crippen LogP contribution is -2.23. The largest absolute Gasteiger partial charge is 0.491 e. The van der Waals surface area contributed by atoms with Gasteiger partial charge in [-0.15, -0.1) is 0 Å². The Bertz CT molecular complexity index is 808. The van der Waals surface area contributed by atoms with Crippen LogP contribution >= 0.6 is 0 Å². The number of ether oxygens (including phenoxy) is 1. The Labute approximate surface area is 134 Å². The minimum Gasteiger partial charge on any atom is -0.491 e. The molecule has 5 heteroatoms. The van der Waals surface area contributed by atoms with Gasteiger partial charge in [0.1, 0.15) is 11.3 Å². The molecular weight excluding hydrogens is 290 g/mol. The number of para-hydroxylation sites is 1. The monoisotopic (exact) mass is 311 g/mol. The van der Waals surface area contributed by atoms with E-state index in [1.807, 2.05) is 36.4 Å². The van der Waals surface area contributed by atoms with Gasteiger partial charge in [0.2, 0.25) is 0 Å². The number of hydrogen-bond donors (Lipinski definition) is 3.